The molecule has 0 fully saturated rings. The van der Waals surface area contributed by atoms with Gasteiger partial charge in [-0.1, -0.05) is 13.8 Å². The van der Waals surface area contributed by atoms with Crippen LogP contribution in [0.1, 0.15) is 36.2 Å². The maximum Gasteiger partial charge on any atom is 0.0521 e. The van der Waals surface area contributed by atoms with E-state index in [1.807, 2.05) is 10.9 Å². The van der Waals surface area contributed by atoms with Gasteiger partial charge in [0.1, 0.15) is 0 Å². The molecule has 0 radical (unpaired) electrons. The first-order valence-corrected chi connectivity index (χ1v) is 3.88. The Morgan fingerprint density at radius 2 is 2.50 bits per heavy atom. The zero-order chi connectivity index (χ0) is 13.4. The van der Waals surface area contributed by atoms with Crippen LogP contribution in [0.3, 0.4) is 0 Å². The minimum absolute atomic E-state index is 0. The molecule has 1 heterocycles. The summed E-state index contributed by atoms with van der Waals surface area (Å²) in [6, 6.07) is 0. The maximum atomic E-state index is 5.00. The summed E-state index contributed by atoms with van der Waals surface area (Å²) in [5.41, 5.74) is 1.33. The van der Waals surface area contributed by atoms with Crippen LogP contribution in [0.15, 0.2) is 12.4 Å². The Labute approximate surface area is 72.6 Å². The number of aryl methyl sites for hydroxylation is 2. The van der Waals surface area contributed by atoms with Gasteiger partial charge in [0, 0.05) is 23.1 Å². The molecule has 0 N–H and O–H groups in total. The second-order valence-electron chi connectivity index (χ2n) is 2.47. The number of rotatable bonds is 3. The van der Waals surface area contributed by atoms with Crippen molar-refractivity contribution < 1.29 is 10.3 Å². The summed E-state index contributed by atoms with van der Waals surface area (Å²) in [6.45, 7) is 5.35. The lowest BCUT2D eigenvalue weighted by Crippen LogP contribution is -1.95. The van der Waals surface area contributed by atoms with Crippen LogP contribution in [0.25, 0.3) is 0 Å². The lowest BCUT2D eigenvalue weighted by atomic mass is 10.3. The van der Waals surface area contributed by atoms with Gasteiger partial charge in [-0.15, -0.1) is 0 Å². The minimum Gasteiger partial charge on any atom is -0.272 e. The SMILES string of the molecule is CCCn1cc(CC)cn1.[2HH].[2H][2H].[2H][2H].[2H][2H]. The Morgan fingerprint density at radius 3 is 3.00 bits per heavy atom. The van der Waals surface area contributed by atoms with Gasteiger partial charge in [0.25, 0.3) is 0 Å². The smallest absolute Gasteiger partial charge is 0.0521 e. The van der Waals surface area contributed by atoms with Crippen molar-refractivity contribution >= 4 is 0 Å². The largest absolute Gasteiger partial charge is 0.272 e. The average Bonchev–Trinajstić information content (AvgIpc) is 2.85. The molecule has 1 rings (SSSR count). The van der Waals surface area contributed by atoms with Crippen molar-refractivity contribution in [2.45, 2.75) is 33.2 Å². The number of hydrogen-bond donors (Lipinski definition) is 0. The molecule has 0 aliphatic heterocycles. The third-order valence-electron chi connectivity index (χ3n) is 1.55. The van der Waals surface area contributed by atoms with Gasteiger partial charge >= 0.3 is 0 Å². The fourth-order valence-electron chi connectivity index (χ4n) is 0.940. The normalized spacial score (nSPS) is 12.6. The molecule has 0 spiro atoms. The topological polar surface area (TPSA) is 17.8 Å². The van der Waals surface area contributed by atoms with E-state index in [-0.39, 0.29) is 1.43 Å². The predicted octanol–water partition coefficient (Wildman–Crippen LogP) is 2.84. The highest BCUT2D eigenvalue weighted by atomic mass is 15.3. The van der Waals surface area contributed by atoms with E-state index in [2.05, 4.69) is 25.1 Å². The van der Waals surface area contributed by atoms with E-state index >= 15 is 0 Å². The summed E-state index contributed by atoms with van der Waals surface area (Å²) in [5, 5.41) is 4.19. The summed E-state index contributed by atoms with van der Waals surface area (Å²) < 4.78 is 32.0. The quantitative estimate of drug-likeness (QED) is 0.653. The third-order valence-corrected chi connectivity index (χ3v) is 1.55. The van der Waals surface area contributed by atoms with Crippen molar-refractivity contribution in [3.63, 3.8) is 0 Å². The molecule has 0 aromatic carbocycles. The first-order valence-electron chi connectivity index (χ1n) is 6.88. The Bertz CT molecular complexity index is 208. The Balaban J connectivity index is -0.000000106. The zero-order valence-corrected chi connectivity index (χ0v) is 6.67. The van der Waals surface area contributed by atoms with Crippen LogP contribution in [0, 0.1) is 0 Å². The van der Waals surface area contributed by atoms with Gasteiger partial charge in [0.2, 0.25) is 0 Å². The van der Waals surface area contributed by atoms with Crippen LogP contribution < -0.4 is 0 Å². The molecule has 64 valence electrons. The number of aromatic nitrogens is 2. The van der Waals surface area contributed by atoms with Crippen LogP contribution in [-0.4, -0.2) is 9.78 Å². The van der Waals surface area contributed by atoms with E-state index in [1.54, 1.807) is 0 Å². The molecule has 1 aromatic heterocycles. The second kappa shape index (κ2) is 3.40. The molecule has 2 heteroatoms. The van der Waals surface area contributed by atoms with Crippen molar-refractivity contribution in [1.29, 1.82) is 0 Å². The van der Waals surface area contributed by atoms with Gasteiger partial charge in [0.05, 0.1) is 6.20 Å². The molecule has 0 aliphatic carbocycles. The molecular formula is C8H22N2. The van der Waals surface area contributed by atoms with E-state index in [0.29, 0.717) is 0 Å². The molecule has 1 aromatic rings. The first-order chi connectivity index (χ1) is 7.86. The molecule has 10 heavy (non-hydrogen) atoms. The summed E-state index contributed by atoms with van der Waals surface area (Å²) in [5.74, 6) is 0. The van der Waals surface area contributed by atoms with Gasteiger partial charge in [-0.05, 0) is 18.4 Å². The average molecular weight is 153 g/mol. The molecule has 0 amide bonds. The highest BCUT2D eigenvalue weighted by molar-refractivity contribution is 5.02. The van der Waals surface area contributed by atoms with Crippen molar-refractivity contribution in [2.24, 2.45) is 0 Å². The number of hydrogen-bond acceptors (Lipinski definition) is 1. The highest BCUT2D eigenvalue weighted by Gasteiger charge is 1.92. The minimum atomic E-state index is 0. The molecule has 0 atom stereocenters. The Kier molecular flexibility index (Phi) is 1.41. The lowest BCUT2D eigenvalue weighted by Gasteiger charge is -1.93. The first kappa shape index (κ1) is 4.16. The Morgan fingerprint density at radius 1 is 1.70 bits per heavy atom. The van der Waals surface area contributed by atoms with Gasteiger partial charge in [-0.3, -0.25) is 4.68 Å². The van der Waals surface area contributed by atoms with Crippen molar-refractivity contribution in [1.82, 2.24) is 9.78 Å². The lowest BCUT2D eigenvalue weighted by molar-refractivity contribution is 0.602. The highest BCUT2D eigenvalue weighted by Crippen LogP contribution is 1.98. The van der Waals surface area contributed by atoms with Gasteiger partial charge in [-0.25, -0.2) is 0 Å². The maximum absolute atomic E-state index is 5.00. The van der Waals surface area contributed by atoms with E-state index in [9.17, 15) is 0 Å². The van der Waals surface area contributed by atoms with Crippen molar-refractivity contribution in [2.75, 3.05) is 0 Å². The fraction of sp³-hybridized carbons (Fsp3) is 0.625. The molecule has 0 saturated heterocycles. The molecule has 0 saturated carbocycles. The Hall–Kier alpha value is -0.790. The number of nitrogens with zero attached hydrogens (tertiary/aromatic N) is 2. The van der Waals surface area contributed by atoms with E-state index in [4.69, 9.17) is 8.91 Å². The second-order valence-corrected chi connectivity index (χ2v) is 2.47. The molecule has 0 unspecified atom stereocenters. The van der Waals surface area contributed by atoms with E-state index < -0.39 is 0 Å². The van der Waals surface area contributed by atoms with Crippen LogP contribution in [0.2, 0.25) is 0 Å². The molecular weight excluding hydrogens is 124 g/mol. The molecule has 0 aliphatic rings. The standard InChI is InChI=1S/C8H14N2.4H2/c1-3-5-10-7-8(4-2)6-9-10;;;;/h6-7H,3-5H2,1-2H3;4*1H/i;3*1+1D;1+1. The van der Waals surface area contributed by atoms with Crippen molar-refractivity contribution in [3.8, 4) is 0 Å². The molecule has 0 bridgehead atoms. The van der Waals surface area contributed by atoms with Crippen LogP contribution in [0.5, 0.6) is 0 Å². The monoisotopic (exact) mass is 153 g/mol. The fourth-order valence-corrected chi connectivity index (χ4v) is 0.940. The summed E-state index contributed by atoms with van der Waals surface area (Å²) in [7, 11) is 0. The van der Waals surface area contributed by atoms with Gasteiger partial charge in [0.15, 0.2) is 0 Å². The van der Waals surface area contributed by atoms with Gasteiger partial charge in [-0.2, -0.15) is 5.10 Å². The van der Waals surface area contributed by atoms with Gasteiger partial charge < -0.3 is 0 Å². The van der Waals surface area contributed by atoms with E-state index in [0.717, 1.165) is 19.4 Å². The predicted molar refractivity (Wildman–Crippen MR) is 50.4 cm³/mol. The van der Waals surface area contributed by atoms with E-state index in [1.165, 1.54) is 5.56 Å². The van der Waals surface area contributed by atoms with Crippen LogP contribution in [0.4, 0.5) is 0 Å². The summed E-state index contributed by atoms with van der Waals surface area (Å²) in [6.07, 6.45) is 6.30. The summed E-state index contributed by atoms with van der Waals surface area (Å²) in [4.78, 5) is 0. The van der Waals surface area contributed by atoms with Crippen molar-refractivity contribution in [3.05, 3.63) is 18.0 Å². The van der Waals surface area contributed by atoms with Crippen LogP contribution >= 0.6 is 0 Å². The zero-order valence-electron chi connectivity index (χ0n) is 12.7. The molecule has 2 nitrogen and oxygen atoms in total. The third kappa shape index (κ3) is 1.59. The summed E-state index contributed by atoms with van der Waals surface area (Å²) >= 11 is 0. The van der Waals surface area contributed by atoms with Crippen LogP contribution in [-0.2, 0) is 13.0 Å².